The van der Waals surface area contributed by atoms with E-state index in [1.54, 1.807) is 6.07 Å². The van der Waals surface area contributed by atoms with Crippen molar-refractivity contribution in [1.82, 2.24) is 0 Å². The fourth-order valence-electron chi connectivity index (χ4n) is 1.70. The predicted octanol–water partition coefficient (Wildman–Crippen LogP) is 3.22. The van der Waals surface area contributed by atoms with Crippen LogP contribution in [-0.2, 0) is 4.79 Å². The number of hydrogen-bond donors (Lipinski definition) is 3. The van der Waals surface area contributed by atoms with Crippen molar-refractivity contribution >= 4 is 49.4 Å². The van der Waals surface area contributed by atoms with Crippen LogP contribution in [0.1, 0.15) is 30.6 Å². The number of carbonyl (C=O) groups excluding carboxylic acids is 1. The van der Waals surface area contributed by atoms with Crippen LogP contribution in [0.2, 0.25) is 0 Å². The average Bonchev–Trinajstić information content (AvgIpc) is 2.30. The first kappa shape index (κ1) is 17.1. The maximum absolute atomic E-state index is 12.0. The highest BCUT2D eigenvalue weighted by Crippen LogP contribution is 2.31. The molecule has 0 saturated heterocycles. The Bertz CT molecular complexity index is 533. The van der Waals surface area contributed by atoms with Crippen LogP contribution in [-0.4, -0.2) is 23.0 Å². The molecule has 0 saturated carbocycles. The van der Waals surface area contributed by atoms with Crippen molar-refractivity contribution in [3.63, 3.8) is 0 Å². The van der Waals surface area contributed by atoms with E-state index >= 15 is 0 Å². The summed E-state index contributed by atoms with van der Waals surface area (Å²) < 4.78 is 1.08. The zero-order valence-corrected chi connectivity index (χ0v) is 14.3. The fraction of sp³-hybridized carbons (Fsp3) is 0.385. The van der Waals surface area contributed by atoms with E-state index in [1.165, 1.54) is 6.07 Å². The Hall–Kier alpha value is -0.920. The molecular formula is C13H16Br2N2O3. The quantitative estimate of drug-likeness (QED) is 0.698. The first-order chi connectivity index (χ1) is 9.22. The molecule has 5 nitrogen and oxygen atoms in total. The number of amides is 1. The highest BCUT2D eigenvalue weighted by molar-refractivity contribution is 9.11. The zero-order valence-electron chi connectivity index (χ0n) is 11.1. The normalized spacial score (nSPS) is 12.3. The molecule has 0 heterocycles. The van der Waals surface area contributed by atoms with Gasteiger partial charge in [0.25, 0.3) is 0 Å². The summed E-state index contributed by atoms with van der Waals surface area (Å²) in [6.07, 6.45) is 0.530. The number of rotatable bonds is 5. The maximum Gasteiger partial charge on any atom is 0.337 e. The van der Waals surface area contributed by atoms with Gasteiger partial charge < -0.3 is 16.2 Å². The number of anilines is 1. The van der Waals surface area contributed by atoms with Crippen LogP contribution in [0.5, 0.6) is 0 Å². The molecule has 1 amide bonds. The molecule has 0 aliphatic heterocycles. The lowest BCUT2D eigenvalue weighted by molar-refractivity contribution is -0.117. The van der Waals surface area contributed by atoms with Crippen molar-refractivity contribution in [2.45, 2.75) is 26.3 Å². The largest absolute Gasteiger partial charge is 0.478 e. The second-order valence-corrected chi connectivity index (χ2v) is 6.61. The lowest BCUT2D eigenvalue weighted by Gasteiger charge is -2.16. The Morgan fingerprint density at radius 2 is 1.95 bits per heavy atom. The molecule has 0 bridgehead atoms. The van der Waals surface area contributed by atoms with E-state index in [-0.39, 0.29) is 17.2 Å². The van der Waals surface area contributed by atoms with Gasteiger partial charge in [0.05, 0.1) is 17.3 Å². The summed E-state index contributed by atoms with van der Waals surface area (Å²) in [4.78, 5) is 23.2. The van der Waals surface area contributed by atoms with Gasteiger partial charge in [-0.3, -0.25) is 4.79 Å². The van der Waals surface area contributed by atoms with Gasteiger partial charge in [-0.05, 0) is 40.4 Å². The standard InChI is InChI=1S/C13H16Br2N2O3/c1-6(2)3-10(16)12(18)17-11-8(13(19)20)4-7(14)5-9(11)15/h4-6,10H,3,16H2,1-2H3,(H,17,18)(H,19,20)/t10-/m0/s1. The van der Waals surface area contributed by atoms with Crippen LogP contribution in [0, 0.1) is 5.92 Å². The van der Waals surface area contributed by atoms with Gasteiger partial charge in [0.15, 0.2) is 0 Å². The number of aromatic carboxylic acids is 1. The molecule has 7 heteroatoms. The molecule has 0 aliphatic rings. The van der Waals surface area contributed by atoms with Gasteiger partial charge in [-0.25, -0.2) is 4.79 Å². The van der Waals surface area contributed by atoms with Crippen LogP contribution < -0.4 is 11.1 Å². The first-order valence-corrected chi connectivity index (χ1v) is 7.59. The molecule has 0 aromatic heterocycles. The van der Waals surface area contributed by atoms with Gasteiger partial charge in [0.2, 0.25) is 5.91 Å². The molecule has 110 valence electrons. The van der Waals surface area contributed by atoms with Gasteiger partial charge in [0, 0.05) is 8.95 Å². The number of carboxylic acid groups (broad SMARTS) is 1. The van der Waals surface area contributed by atoms with E-state index in [0.717, 1.165) is 0 Å². The topological polar surface area (TPSA) is 92.4 Å². The minimum Gasteiger partial charge on any atom is -0.478 e. The highest BCUT2D eigenvalue weighted by atomic mass is 79.9. The number of nitrogens with two attached hydrogens (primary N) is 1. The molecule has 0 spiro atoms. The van der Waals surface area contributed by atoms with Gasteiger partial charge in [-0.1, -0.05) is 29.8 Å². The minimum absolute atomic E-state index is 0.00338. The van der Waals surface area contributed by atoms with E-state index in [4.69, 9.17) is 5.73 Å². The number of carboxylic acids is 1. The lowest BCUT2D eigenvalue weighted by atomic mass is 10.0. The number of carbonyl (C=O) groups is 2. The third-order valence-electron chi connectivity index (χ3n) is 2.60. The van der Waals surface area contributed by atoms with E-state index < -0.39 is 17.9 Å². The molecule has 1 aromatic rings. The van der Waals surface area contributed by atoms with Gasteiger partial charge in [-0.2, -0.15) is 0 Å². The second kappa shape index (κ2) is 7.19. The van der Waals surface area contributed by atoms with Crippen molar-refractivity contribution in [1.29, 1.82) is 0 Å². The van der Waals surface area contributed by atoms with E-state index in [0.29, 0.717) is 15.4 Å². The molecule has 20 heavy (non-hydrogen) atoms. The first-order valence-electron chi connectivity index (χ1n) is 6.01. The molecule has 0 radical (unpaired) electrons. The number of benzene rings is 1. The zero-order chi connectivity index (χ0) is 15.4. The third-order valence-corrected chi connectivity index (χ3v) is 3.68. The van der Waals surface area contributed by atoms with Crippen LogP contribution in [0.3, 0.4) is 0 Å². The van der Waals surface area contributed by atoms with Crippen molar-refractivity contribution in [2.75, 3.05) is 5.32 Å². The Morgan fingerprint density at radius 3 is 2.45 bits per heavy atom. The number of halogens is 2. The highest BCUT2D eigenvalue weighted by Gasteiger charge is 2.20. The summed E-state index contributed by atoms with van der Waals surface area (Å²) in [6, 6.07) is 2.42. The van der Waals surface area contributed by atoms with Crippen molar-refractivity contribution in [3.8, 4) is 0 Å². The van der Waals surface area contributed by atoms with Crippen LogP contribution in [0.15, 0.2) is 21.1 Å². The number of nitrogens with one attached hydrogen (secondary N) is 1. The van der Waals surface area contributed by atoms with Crippen molar-refractivity contribution in [3.05, 3.63) is 26.6 Å². The maximum atomic E-state index is 12.0. The molecule has 0 aliphatic carbocycles. The Kier molecular flexibility index (Phi) is 6.16. The monoisotopic (exact) mass is 406 g/mol. The van der Waals surface area contributed by atoms with Crippen LogP contribution in [0.25, 0.3) is 0 Å². The summed E-state index contributed by atoms with van der Waals surface area (Å²) in [5, 5.41) is 11.8. The summed E-state index contributed by atoms with van der Waals surface area (Å²) in [7, 11) is 0. The van der Waals surface area contributed by atoms with Crippen LogP contribution >= 0.6 is 31.9 Å². The van der Waals surface area contributed by atoms with Crippen LogP contribution in [0.4, 0.5) is 5.69 Å². The third kappa shape index (κ3) is 4.57. The van der Waals surface area contributed by atoms with E-state index in [9.17, 15) is 14.7 Å². The summed E-state index contributed by atoms with van der Waals surface area (Å²) in [6.45, 7) is 3.93. The smallest absolute Gasteiger partial charge is 0.337 e. The summed E-state index contributed by atoms with van der Waals surface area (Å²) in [5.74, 6) is -1.24. The van der Waals surface area contributed by atoms with Crippen molar-refractivity contribution < 1.29 is 14.7 Å². The van der Waals surface area contributed by atoms with Gasteiger partial charge in [0.1, 0.15) is 0 Å². The minimum atomic E-state index is -1.13. The average molecular weight is 408 g/mol. The molecule has 1 aromatic carbocycles. The number of hydrogen-bond acceptors (Lipinski definition) is 3. The predicted molar refractivity (Wildman–Crippen MR) is 84.9 cm³/mol. The molecule has 4 N–H and O–H groups in total. The van der Waals surface area contributed by atoms with Gasteiger partial charge >= 0.3 is 5.97 Å². The summed E-state index contributed by atoms with van der Waals surface area (Å²) in [5.41, 5.74) is 6.00. The van der Waals surface area contributed by atoms with E-state index in [1.807, 2.05) is 13.8 Å². The summed E-state index contributed by atoms with van der Waals surface area (Å²) >= 11 is 6.46. The second-order valence-electron chi connectivity index (χ2n) is 4.84. The molecular weight excluding hydrogens is 392 g/mol. The molecule has 0 fully saturated rings. The fourth-order valence-corrected chi connectivity index (χ4v) is 3.02. The molecule has 0 unspecified atom stereocenters. The van der Waals surface area contributed by atoms with E-state index in [2.05, 4.69) is 37.2 Å². The Labute approximate surface area is 134 Å². The molecule has 1 rings (SSSR count). The van der Waals surface area contributed by atoms with Crippen molar-refractivity contribution in [2.24, 2.45) is 11.7 Å². The SMILES string of the molecule is CC(C)C[C@H](N)C(=O)Nc1c(Br)cc(Br)cc1C(=O)O. The Morgan fingerprint density at radius 1 is 1.35 bits per heavy atom. The molecule has 1 atom stereocenters. The lowest BCUT2D eigenvalue weighted by Crippen LogP contribution is -2.37. The van der Waals surface area contributed by atoms with Gasteiger partial charge in [-0.15, -0.1) is 0 Å². The Balaban J connectivity index is 3.03.